The number of nitrogens with one attached hydrogen (secondary N) is 2. The number of likely N-dealkylation sites (tertiary alicyclic amines) is 1. The summed E-state index contributed by atoms with van der Waals surface area (Å²) in [5, 5.41) is 6.43. The number of aromatic amines is 1. The topological polar surface area (TPSA) is 115 Å². The number of allylic oxidation sites excluding steroid dienone is 2. The maximum absolute atomic E-state index is 14.4. The van der Waals surface area contributed by atoms with Crippen LogP contribution in [0.2, 0.25) is 0 Å². The molecule has 1 aromatic carbocycles. The van der Waals surface area contributed by atoms with Gasteiger partial charge in [0.25, 0.3) is 0 Å². The molecule has 1 fully saturated rings. The Morgan fingerprint density at radius 1 is 1.18 bits per heavy atom. The van der Waals surface area contributed by atoms with Gasteiger partial charge in [0.05, 0.1) is 11.0 Å². The second-order valence-corrected chi connectivity index (χ2v) is 12.4. The summed E-state index contributed by atoms with van der Waals surface area (Å²) in [4.78, 5) is 47.0. The number of hydrogen-bond donors (Lipinski definition) is 3. The number of carbonyl (C=O) groups is 3. The summed E-state index contributed by atoms with van der Waals surface area (Å²) in [6, 6.07) is 9.17. The normalized spacial score (nSPS) is 18.5. The van der Waals surface area contributed by atoms with Crippen molar-refractivity contribution < 1.29 is 14.4 Å². The van der Waals surface area contributed by atoms with Crippen molar-refractivity contribution in [2.75, 3.05) is 34.2 Å². The van der Waals surface area contributed by atoms with Crippen LogP contribution in [-0.4, -0.2) is 83.4 Å². The number of carbonyl (C=O) groups excluding carboxylic acids is 3. The molecule has 9 heteroatoms. The summed E-state index contributed by atoms with van der Waals surface area (Å²) < 4.78 is 0. The van der Waals surface area contributed by atoms with Crippen LogP contribution in [0.5, 0.6) is 0 Å². The molecule has 2 heterocycles. The lowest BCUT2D eigenvalue weighted by Crippen LogP contribution is -2.61. The Balaban J connectivity index is 0.00000345. The standard InChI is InChI=1S/C34H52N6O3.C2H2/c1-8-11-18-28-27(9-2)26(23-36-28)21-29(37-31(42)33(4,35)10-3)30(41)40-20-15-19-34(24-40,32(43)39(7)38(5)6)22-25-16-13-12-14-17-25;1-2/h8,11-14,16-17,23,29,36H,9-10,15,18-22,24,35H2,1-7H3,(H,37,42);1-2H/b11-8-;/t29-,33?,34?;/m1./s1. The summed E-state index contributed by atoms with van der Waals surface area (Å²) in [7, 11) is 5.46. The molecule has 1 aromatic heterocycles. The number of aromatic nitrogens is 1. The van der Waals surface area contributed by atoms with Crippen LogP contribution in [0.4, 0.5) is 0 Å². The van der Waals surface area contributed by atoms with Crippen LogP contribution in [0.25, 0.3) is 0 Å². The maximum Gasteiger partial charge on any atom is 0.245 e. The van der Waals surface area contributed by atoms with E-state index >= 15 is 0 Å². The summed E-state index contributed by atoms with van der Waals surface area (Å²) in [5.41, 5.74) is 8.75. The highest BCUT2D eigenvalue weighted by molar-refractivity contribution is 5.92. The van der Waals surface area contributed by atoms with Crippen LogP contribution >= 0.6 is 0 Å². The number of nitrogens with zero attached hydrogens (tertiary/aromatic N) is 3. The lowest BCUT2D eigenvalue weighted by atomic mass is 9.74. The zero-order valence-corrected chi connectivity index (χ0v) is 28.4. The molecule has 1 aliphatic rings. The number of piperidine rings is 1. The van der Waals surface area contributed by atoms with E-state index in [0.29, 0.717) is 38.6 Å². The van der Waals surface area contributed by atoms with Crippen LogP contribution in [0, 0.1) is 18.3 Å². The zero-order valence-electron chi connectivity index (χ0n) is 28.4. The second-order valence-electron chi connectivity index (χ2n) is 12.4. The monoisotopic (exact) mass is 618 g/mol. The van der Waals surface area contributed by atoms with Gasteiger partial charge >= 0.3 is 0 Å². The number of H-pyrrole nitrogens is 1. The Morgan fingerprint density at radius 3 is 2.42 bits per heavy atom. The molecule has 3 amide bonds. The number of hydrazine groups is 1. The fourth-order valence-electron chi connectivity index (χ4n) is 5.93. The van der Waals surface area contributed by atoms with E-state index in [2.05, 4.69) is 36.1 Å². The van der Waals surface area contributed by atoms with E-state index in [1.54, 1.807) is 28.9 Å². The third-order valence-corrected chi connectivity index (χ3v) is 8.99. The van der Waals surface area contributed by atoms with Crippen LogP contribution in [-0.2, 0) is 40.1 Å². The first-order valence-electron chi connectivity index (χ1n) is 15.9. The van der Waals surface area contributed by atoms with Crippen molar-refractivity contribution in [2.24, 2.45) is 11.1 Å². The highest BCUT2D eigenvalue weighted by Crippen LogP contribution is 2.36. The smallest absolute Gasteiger partial charge is 0.245 e. The third-order valence-electron chi connectivity index (χ3n) is 8.99. The molecule has 0 aliphatic carbocycles. The molecular weight excluding hydrogens is 564 g/mol. The molecule has 1 saturated heterocycles. The van der Waals surface area contributed by atoms with E-state index in [0.717, 1.165) is 35.2 Å². The quantitative estimate of drug-likeness (QED) is 0.179. The molecule has 1 aliphatic heterocycles. The number of benzene rings is 1. The lowest BCUT2D eigenvalue weighted by molar-refractivity contribution is -0.159. The van der Waals surface area contributed by atoms with Crippen molar-refractivity contribution in [2.45, 2.75) is 84.2 Å². The minimum Gasteiger partial charge on any atom is -0.364 e. The lowest BCUT2D eigenvalue weighted by Gasteiger charge is -2.45. The molecule has 2 unspecified atom stereocenters. The fraction of sp³-hybridized carbons (Fsp3) is 0.528. The van der Waals surface area contributed by atoms with Gasteiger partial charge in [0.15, 0.2) is 0 Å². The van der Waals surface area contributed by atoms with Gasteiger partial charge in [-0.1, -0.05) is 56.3 Å². The first-order valence-corrected chi connectivity index (χ1v) is 15.9. The van der Waals surface area contributed by atoms with Gasteiger partial charge in [0.2, 0.25) is 17.7 Å². The molecule has 0 saturated carbocycles. The molecule has 2 aromatic rings. The van der Waals surface area contributed by atoms with Gasteiger partial charge in [-0.25, -0.2) is 5.01 Å². The van der Waals surface area contributed by atoms with Gasteiger partial charge in [0, 0.05) is 59.0 Å². The number of hydrogen-bond acceptors (Lipinski definition) is 5. The zero-order chi connectivity index (χ0) is 33.8. The van der Waals surface area contributed by atoms with Crippen molar-refractivity contribution in [1.82, 2.24) is 25.2 Å². The Hall–Kier alpha value is -3.87. The minimum absolute atomic E-state index is 0.0209. The Bertz CT molecular complexity index is 1310. The maximum atomic E-state index is 14.4. The fourth-order valence-corrected chi connectivity index (χ4v) is 5.93. The van der Waals surface area contributed by atoms with Gasteiger partial charge in [-0.05, 0) is 62.6 Å². The van der Waals surface area contributed by atoms with Gasteiger partial charge in [-0.15, -0.1) is 12.8 Å². The van der Waals surface area contributed by atoms with Crippen molar-refractivity contribution >= 4 is 17.7 Å². The largest absolute Gasteiger partial charge is 0.364 e. The van der Waals surface area contributed by atoms with E-state index in [1.807, 2.05) is 70.5 Å². The molecule has 0 radical (unpaired) electrons. The van der Waals surface area contributed by atoms with Crippen LogP contribution in [0.15, 0.2) is 48.7 Å². The molecule has 9 nitrogen and oxygen atoms in total. The SMILES string of the molecule is C#C.C/C=C\Cc1[nH]cc(C[C@@H](NC(=O)C(C)(N)CC)C(=O)N2CCCC(Cc3ccccc3)(C(=O)N(C)N(C)C)C2)c1CC. The van der Waals surface area contributed by atoms with Crippen molar-refractivity contribution in [1.29, 1.82) is 0 Å². The first-order chi connectivity index (χ1) is 21.4. The predicted molar refractivity (Wildman–Crippen MR) is 182 cm³/mol. The number of terminal acetylenes is 1. The average molecular weight is 619 g/mol. The summed E-state index contributed by atoms with van der Waals surface area (Å²) in [6.45, 7) is 8.45. The molecule has 4 N–H and O–H groups in total. The first kappa shape index (κ1) is 37.3. The molecular formula is C36H54N6O3. The van der Waals surface area contributed by atoms with Gasteiger partial charge in [-0.3, -0.25) is 19.4 Å². The van der Waals surface area contributed by atoms with Gasteiger partial charge in [0.1, 0.15) is 6.04 Å². The van der Waals surface area contributed by atoms with Crippen LogP contribution in [0.3, 0.4) is 0 Å². The highest BCUT2D eigenvalue weighted by Gasteiger charge is 2.46. The predicted octanol–water partition coefficient (Wildman–Crippen LogP) is 3.89. The van der Waals surface area contributed by atoms with E-state index in [9.17, 15) is 14.4 Å². The van der Waals surface area contributed by atoms with E-state index in [-0.39, 0.29) is 24.3 Å². The van der Waals surface area contributed by atoms with Gasteiger partial charge < -0.3 is 20.9 Å². The molecule has 3 rings (SSSR count). The molecule has 0 bridgehead atoms. The van der Waals surface area contributed by atoms with Crippen molar-refractivity contribution in [3.05, 3.63) is 71.1 Å². The van der Waals surface area contributed by atoms with Crippen molar-refractivity contribution in [3.63, 3.8) is 0 Å². The molecule has 3 atom stereocenters. The minimum atomic E-state index is -1.11. The van der Waals surface area contributed by atoms with Gasteiger partial charge in [-0.2, -0.15) is 0 Å². The molecule has 0 spiro atoms. The average Bonchev–Trinajstić information content (AvgIpc) is 3.44. The number of amides is 3. The van der Waals surface area contributed by atoms with E-state index in [4.69, 9.17) is 5.73 Å². The van der Waals surface area contributed by atoms with E-state index < -0.39 is 17.0 Å². The molecule has 246 valence electrons. The Morgan fingerprint density at radius 2 is 1.84 bits per heavy atom. The number of nitrogens with two attached hydrogens (primary N) is 1. The number of rotatable bonds is 13. The Kier molecular flexibility index (Phi) is 14.1. The summed E-state index contributed by atoms with van der Waals surface area (Å²) in [5.74, 6) is -0.560. The molecule has 45 heavy (non-hydrogen) atoms. The van der Waals surface area contributed by atoms with Crippen molar-refractivity contribution in [3.8, 4) is 12.8 Å². The van der Waals surface area contributed by atoms with E-state index in [1.165, 1.54) is 0 Å². The second kappa shape index (κ2) is 17.0. The van der Waals surface area contributed by atoms with Crippen LogP contribution in [0.1, 0.15) is 69.3 Å². The Labute approximate surface area is 270 Å². The third kappa shape index (κ3) is 9.32. The summed E-state index contributed by atoms with van der Waals surface area (Å²) in [6.07, 6.45) is 18.3. The van der Waals surface area contributed by atoms with Crippen LogP contribution < -0.4 is 11.1 Å². The highest BCUT2D eigenvalue weighted by atomic mass is 16.2. The summed E-state index contributed by atoms with van der Waals surface area (Å²) >= 11 is 0.